The maximum Gasteiger partial charge on any atom is 0.316 e. The standard InChI is InChI=1S/C17H7ClFN3O2/c18-13-8-21-15-4-2-10(17(23)22-24)6-12(15)16(13)11-3-1-9(7-20)5-14(11)19/h1-6,8H. The second-order valence-corrected chi connectivity index (χ2v) is 5.32. The molecule has 0 N–H and O–H groups in total. The van der Waals surface area contributed by atoms with Crippen molar-refractivity contribution in [1.29, 1.82) is 5.26 Å². The molecule has 1 amide bonds. The van der Waals surface area contributed by atoms with E-state index in [1.807, 2.05) is 6.07 Å². The van der Waals surface area contributed by atoms with Crippen LogP contribution in [-0.2, 0) is 0 Å². The van der Waals surface area contributed by atoms with Crippen LogP contribution in [0.15, 0.2) is 47.8 Å². The van der Waals surface area contributed by atoms with E-state index in [1.54, 1.807) is 0 Å². The van der Waals surface area contributed by atoms with E-state index in [0.717, 1.165) is 6.07 Å². The van der Waals surface area contributed by atoms with Gasteiger partial charge in [0, 0.05) is 33.5 Å². The van der Waals surface area contributed by atoms with Crippen molar-refractivity contribution in [3.8, 4) is 17.2 Å². The Hall–Kier alpha value is -3.17. The SMILES string of the molecule is N#Cc1ccc(-c2c(Cl)cnc3ccc(C(=O)N=O)cc23)c(F)c1. The minimum atomic E-state index is -0.942. The summed E-state index contributed by atoms with van der Waals surface area (Å²) < 4.78 is 14.4. The first kappa shape index (κ1) is 15.7. The second-order valence-electron chi connectivity index (χ2n) is 4.92. The van der Waals surface area contributed by atoms with Crippen molar-refractivity contribution in [3.63, 3.8) is 0 Å². The number of carbonyl (C=O) groups is 1. The molecule has 3 rings (SSSR count). The molecular weight excluding hydrogens is 333 g/mol. The summed E-state index contributed by atoms with van der Waals surface area (Å²) in [5.74, 6) is -1.57. The van der Waals surface area contributed by atoms with Gasteiger partial charge in [-0.15, -0.1) is 4.91 Å². The zero-order valence-electron chi connectivity index (χ0n) is 12.0. The molecule has 0 unspecified atom stereocenters. The van der Waals surface area contributed by atoms with Crippen molar-refractivity contribution in [2.75, 3.05) is 0 Å². The first-order chi connectivity index (χ1) is 11.5. The monoisotopic (exact) mass is 339 g/mol. The number of fused-ring (bicyclic) bond motifs is 1. The predicted octanol–water partition coefficient (Wildman–Crippen LogP) is 4.47. The highest BCUT2D eigenvalue weighted by Gasteiger charge is 2.16. The van der Waals surface area contributed by atoms with Crippen molar-refractivity contribution < 1.29 is 9.18 Å². The van der Waals surface area contributed by atoms with Crippen LogP contribution in [-0.4, -0.2) is 10.9 Å². The quantitative estimate of drug-likeness (QED) is 0.645. The highest BCUT2D eigenvalue weighted by Crippen LogP contribution is 2.36. The molecule has 0 aliphatic rings. The summed E-state index contributed by atoms with van der Waals surface area (Å²) in [6.45, 7) is 0. The first-order valence-corrected chi connectivity index (χ1v) is 7.09. The van der Waals surface area contributed by atoms with Crippen LogP contribution in [0.1, 0.15) is 15.9 Å². The van der Waals surface area contributed by atoms with E-state index >= 15 is 0 Å². The predicted molar refractivity (Wildman–Crippen MR) is 87.0 cm³/mol. The highest BCUT2D eigenvalue weighted by atomic mass is 35.5. The number of nitrogens with zero attached hydrogens (tertiary/aromatic N) is 3. The Bertz CT molecular complexity index is 1040. The molecule has 1 aromatic heterocycles. The number of carbonyl (C=O) groups excluding carboxylic acids is 1. The Morgan fingerprint density at radius 1 is 1.25 bits per heavy atom. The summed E-state index contributed by atoms with van der Waals surface area (Å²) in [6, 6.07) is 10.2. The van der Waals surface area contributed by atoms with Crippen molar-refractivity contribution in [2.24, 2.45) is 5.18 Å². The lowest BCUT2D eigenvalue weighted by molar-refractivity contribution is 0.100. The van der Waals surface area contributed by atoms with Gasteiger partial charge in [-0.3, -0.25) is 9.78 Å². The molecule has 0 radical (unpaired) electrons. The molecule has 0 saturated heterocycles. The lowest BCUT2D eigenvalue weighted by Crippen LogP contribution is -1.96. The number of pyridine rings is 1. The Kier molecular flexibility index (Phi) is 4.02. The molecule has 3 aromatic rings. The van der Waals surface area contributed by atoms with Gasteiger partial charge >= 0.3 is 5.91 Å². The van der Waals surface area contributed by atoms with Crippen molar-refractivity contribution in [2.45, 2.75) is 0 Å². The van der Waals surface area contributed by atoms with Gasteiger partial charge in [-0.2, -0.15) is 5.26 Å². The van der Waals surface area contributed by atoms with Gasteiger partial charge in [0.1, 0.15) is 5.82 Å². The molecule has 1 heterocycles. The largest absolute Gasteiger partial charge is 0.316 e. The van der Waals surface area contributed by atoms with E-state index < -0.39 is 11.7 Å². The van der Waals surface area contributed by atoms with Crippen LogP contribution in [0.5, 0.6) is 0 Å². The Labute approximate surface area is 140 Å². The number of halogens is 2. The summed E-state index contributed by atoms with van der Waals surface area (Å²) in [5, 5.41) is 11.8. The highest BCUT2D eigenvalue weighted by molar-refractivity contribution is 6.34. The van der Waals surface area contributed by atoms with Crippen LogP contribution in [0.25, 0.3) is 22.0 Å². The first-order valence-electron chi connectivity index (χ1n) is 6.71. The summed E-state index contributed by atoms with van der Waals surface area (Å²) in [5.41, 5.74) is 1.18. The van der Waals surface area contributed by atoms with Gasteiger partial charge < -0.3 is 0 Å². The fourth-order valence-corrected chi connectivity index (χ4v) is 2.67. The summed E-state index contributed by atoms with van der Waals surface area (Å²) >= 11 is 6.18. The third-order valence-corrected chi connectivity index (χ3v) is 3.81. The minimum Gasteiger partial charge on any atom is -0.263 e. The Morgan fingerprint density at radius 3 is 2.71 bits per heavy atom. The lowest BCUT2D eigenvalue weighted by atomic mass is 9.98. The van der Waals surface area contributed by atoms with Crippen LogP contribution in [0.4, 0.5) is 4.39 Å². The normalized spacial score (nSPS) is 10.4. The van der Waals surface area contributed by atoms with Gasteiger partial charge in [-0.1, -0.05) is 17.7 Å². The van der Waals surface area contributed by atoms with Gasteiger partial charge in [0.2, 0.25) is 0 Å². The number of hydrogen-bond donors (Lipinski definition) is 0. The molecule has 2 aromatic carbocycles. The van der Waals surface area contributed by atoms with Crippen molar-refractivity contribution in [3.05, 3.63) is 69.5 Å². The fraction of sp³-hybridized carbons (Fsp3) is 0. The minimum absolute atomic E-state index is 0.0527. The molecule has 0 atom stereocenters. The summed E-state index contributed by atoms with van der Waals surface area (Å²) in [7, 11) is 0. The third kappa shape index (κ3) is 2.62. The van der Waals surface area contributed by atoms with E-state index in [-0.39, 0.29) is 21.7 Å². The fourth-order valence-electron chi connectivity index (χ4n) is 2.42. The molecule has 0 bridgehead atoms. The van der Waals surface area contributed by atoms with Crippen LogP contribution >= 0.6 is 11.6 Å². The molecule has 0 aliphatic heterocycles. The number of nitroso groups, excluding NO2 is 1. The van der Waals surface area contributed by atoms with Gasteiger partial charge in [0.15, 0.2) is 0 Å². The van der Waals surface area contributed by atoms with E-state index in [9.17, 15) is 14.1 Å². The molecule has 116 valence electrons. The van der Waals surface area contributed by atoms with Crippen LogP contribution in [0, 0.1) is 22.1 Å². The Balaban J connectivity index is 2.34. The van der Waals surface area contributed by atoms with Gasteiger partial charge in [0.05, 0.1) is 22.2 Å². The average molecular weight is 340 g/mol. The molecule has 0 spiro atoms. The number of aromatic nitrogens is 1. The summed E-state index contributed by atoms with van der Waals surface area (Å²) in [4.78, 5) is 26.1. The van der Waals surface area contributed by atoms with Gasteiger partial charge in [-0.05, 0) is 30.3 Å². The topological polar surface area (TPSA) is 83.2 Å². The number of rotatable bonds is 2. The molecule has 0 fully saturated rings. The Morgan fingerprint density at radius 2 is 2.04 bits per heavy atom. The molecule has 0 saturated carbocycles. The number of nitriles is 1. The van der Waals surface area contributed by atoms with Crippen LogP contribution in [0.2, 0.25) is 5.02 Å². The van der Waals surface area contributed by atoms with Crippen molar-refractivity contribution in [1.82, 2.24) is 4.98 Å². The zero-order chi connectivity index (χ0) is 17.3. The van der Waals surface area contributed by atoms with E-state index in [1.165, 1.54) is 36.5 Å². The van der Waals surface area contributed by atoms with Gasteiger partial charge in [-0.25, -0.2) is 4.39 Å². The average Bonchev–Trinajstić information content (AvgIpc) is 2.61. The molecule has 0 aliphatic carbocycles. The molecular formula is C17H7ClFN3O2. The molecule has 24 heavy (non-hydrogen) atoms. The smallest absolute Gasteiger partial charge is 0.263 e. The second kappa shape index (κ2) is 6.14. The maximum absolute atomic E-state index is 14.4. The lowest BCUT2D eigenvalue weighted by Gasteiger charge is -2.10. The summed E-state index contributed by atoms with van der Waals surface area (Å²) in [6.07, 6.45) is 1.37. The van der Waals surface area contributed by atoms with Gasteiger partial charge in [0.25, 0.3) is 0 Å². The number of benzene rings is 2. The number of hydrogen-bond acceptors (Lipinski definition) is 4. The van der Waals surface area contributed by atoms with Crippen LogP contribution in [0.3, 0.4) is 0 Å². The van der Waals surface area contributed by atoms with E-state index in [0.29, 0.717) is 16.5 Å². The van der Waals surface area contributed by atoms with E-state index in [2.05, 4.69) is 10.2 Å². The molecule has 5 nitrogen and oxygen atoms in total. The molecule has 7 heteroatoms. The number of amides is 1. The van der Waals surface area contributed by atoms with Crippen molar-refractivity contribution >= 4 is 28.4 Å². The third-order valence-electron chi connectivity index (χ3n) is 3.52. The maximum atomic E-state index is 14.4. The zero-order valence-corrected chi connectivity index (χ0v) is 12.7. The van der Waals surface area contributed by atoms with Crippen LogP contribution < -0.4 is 0 Å². The van der Waals surface area contributed by atoms with E-state index in [4.69, 9.17) is 16.9 Å².